The molecule has 0 radical (unpaired) electrons. The van der Waals surface area contributed by atoms with Gasteiger partial charge in [0.25, 0.3) is 11.8 Å². The molecule has 0 aliphatic carbocycles. The highest BCUT2D eigenvalue weighted by atomic mass is 35.5. The second kappa shape index (κ2) is 8.65. The SMILES string of the molecule is CC(C)CCN1Cc2cc(NC(=O)c3ccccc3Cl)ccc2OC(C)C1=O. The molecule has 0 bridgehead atoms. The first-order valence-electron chi connectivity index (χ1n) is 9.49. The average molecular weight is 401 g/mol. The molecule has 0 aromatic heterocycles. The first-order valence-corrected chi connectivity index (χ1v) is 9.87. The number of amides is 2. The molecule has 1 aliphatic rings. The van der Waals surface area contributed by atoms with Gasteiger partial charge >= 0.3 is 0 Å². The average Bonchev–Trinajstić information content (AvgIpc) is 2.77. The normalized spacial score (nSPS) is 16.4. The van der Waals surface area contributed by atoms with Crippen LogP contribution >= 0.6 is 11.6 Å². The van der Waals surface area contributed by atoms with Gasteiger partial charge in [0.05, 0.1) is 10.6 Å². The van der Waals surface area contributed by atoms with Crippen LogP contribution in [0.25, 0.3) is 0 Å². The Balaban J connectivity index is 1.81. The summed E-state index contributed by atoms with van der Waals surface area (Å²) in [5.74, 6) is 0.885. The summed E-state index contributed by atoms with van der Waals surface area (Å²) in [5.41, 5.74) is 1.93. The minimum Gasteiger partial charge on any atom is -0.481 e. The van der Waals surface area contributed by atoms with E-state index >= 15 is 0 Å². The molecule has 1 atom stereocenters. The lowest BCUT2D eigenvalue weighted by atomic mass is 10.1. The van der Waals surface area contributed by atoms with Crippen LogP contribution < -0.4 is 10.1 Å². The summed E-state index contributed by atoms with van der Waals surface area (Å²) in [5, 5.41) is 3.28. The van der Waals surface area contributed by atoms with E-state index < -0.39 is 6.10 Å². The number of ether oxygens (including phenoxy) is 1. The summed E-state index contributed by atoms with van der Waals surface area (Å²) in [6, 6.07) is 12.3. The van der Waals surface area contributed by atoms with E-state index in [0.29, 0.717) is 41.0 Å². The summed E-state index contributed by atoms with van der Waals surface area (Å²) in [7, 11) is 0. The predicted octanol–water partition coefficient (Wildman–Crippen LogP) is 4.75. The number of halogens is 1. The highest BCUT2D eigenvalue weighted by Crippen LogP contribution is 2.29. The van der Waals surface area contributed by atoms with E-state index in [1.54, 1.807) is 43.3 Å². The van der Waals surface area contributed by atoms with Crippen molar-refractivity contribution in [3.8, 4) is 5.75 Å². The van der Waals surface area contributed by atoms with Crippen LogP contribution in [0.4, 0.5) is 5.69 Å². The number of anilines is 1. The Morgan fingerprint density at radius 3 is 2.75 bits per heavy atom. The zero-order valence-corrected chi connectivity index (χ0v) is 17.1. The van der Waals surface area contributed by atoms with Gasteiger partial charge in [0.2, 0.25) is 0 Å². The quantitative estimate of drug-likeness (QED) is 0.788. The van der Waals surface area contributed by atoms with E-state index in [-0.39, 0.29) is 11.8 Å². The van der Waals surface area contributed by atoms with Gasteiger partial charge < -0.3 is 15.0 Å². The number of hydrogen-bond acceptors (Lipinski definition) is 3. The molecule has 148 valence electrons. The van der Waals surface area contributed by atoms with Crippen LogP contribution in [0.3, 0.4) is 0 Å². The Kier molecular flexibility index (Phi) is 6.25. The Morgan fingerprint density at radius 2 is 2.04 bits per heavy atom. The molecule has 1 heterocycles. The molecule has 1 N–H and O–H groups in total. The number of benzene rings is 2. The Bertz CT molecular complexity index is 882. The van der Waals surface area contributed by atoms with Gasteiger partial charge in [-0.3, -0.25) is 9.59 Å². The van der Waals surface area contributed by atoms with Crippen LogP contribution in [0.5, 0.6) is 5.75 Å². The lowest BCUT2D eigenvalue weighted by Crippen LogP contribution is -2.38. The van der Waals surface area contributed by atoms with Gasteiger partial charge in [-0.2, -0.15) is 0 Å². The van der Waals surface area contributed by atoms with Crippen LogP contribution in [0.1, 0.15) is 43.1 Å². The second-order valence-corrected chi connectivity index (χ2v) is 7.87. The largest absolute Gasteiger partial charge is 0.481 e. The molecule has 28 heavy (non-hydrogen) atoms. The molecular weight excluding hydrogens is 376 g/mol. The summed E-state index contributed by atoms with van der Waals surface area (Å²) in [6.07, 6.45) is 0.397. The van der Waals surface area contributed by atoms with Crippen molar-refractivity contribution in [3.05, 3.63) is 58.6 Å². The highest BCUT2D eigenvalue weighted by molar-refractivity contribution is 6.34. The van der Waals surface area contributed by atoms with Crippen molar-refractivity contribution in [1.29, 1.82) is 0 Å². The van der Waals surface area contributed by atoms with Gasteiger partial charge in [-0.25, -0.2) is 0 Å². The fourth-order valence-electron chi connectivity index (χ4n) is 3.12. The zero-order valence-electron chi connectivity index (χ0n) is 16.4. The highest BCUT2D eigenvalue weighted by Gasteiger charge is 2.28. The fraction of sp³-hybridized carbons (Fsp3) is 0.364. The molecule has 1 aliphatic heterocycles. The number of rotatable bonds is 5. The van der Waals surface area contributed by atoms with E-state index in [9.17, 15) is 9.59 Å². The minimum atomic E-state index is -0.531. The summed E-state index contributed by atoms with van der Waals surface area (Å²) < 4.78 is 5.84. The third-order valence-electron chi connectivity index (χ3n) is 4.74. The van der Waals surface area contributed by atoms with Gasteiger partial charge in [0.1, 0.15) is 5.75 Å². The van der Waals surface area contributed by atoms with Crippen molar-refractivity contribution in [1.82, 2.24) is 4.90 Å². The van der Waals surface area contributed by atoms with Crippen LogP contribution in [-0.2, 0) is 11.3 Å². The molecule has 0 fully saturated rings. The molecule has 3 rings (SSSR count). The smallest absolute Gasteiger partial charge is 0.263 e. The van der Waals surface area contributed by atoms with Crippen molar-refractivity contribution < 1.29 is 14.3 Å². The van der Waals surface area contributed by atoms with Gasteiger partial charge in [-0.05, 0) is 49.6 Å². The van der Waals surface area contributed by atoms with Crippen LogP contribution in [0, 0.1) is 5.92 Å². The lowest BCUT2D eigenvalue weighted by Gasteiger charge is -2.23. The maximum Gasteiger partial charge on any atom is 0.263 e. The maximum atomic E-state index is 12.6. The summed E-state index contributed by atoms with van der Waals surface area (Å²) >= 11 is 6.11. The standard InChI is InChI=1S/C22H25ClN2O3/c1-14(2)10-11-25-13-16-12-17(8-9-20(16)28-15(3)22(25)27)24-21(26)18-6-4-5-7-19(18)23/h4-9,12,14-15H,10-11,13H2,1-3H3,(H,24,26). The third kappa shape index (κ3) is 4.65. The molecule has 2 aromatic carbocycles. The van der Waals surface area contributed by atoms with Gasteiger partial charge in [0.15, 0.2) is 6.10 Å². The predicted molar refractivity (Wildman–Crippen MR) is 111 cm³/mol. The molecule has 6 heteroatoms. The summed E-state index contributed by atoms with van der Waals surface area (Å²) in [4.78, 5) is 27.0. The Labute approximate surface area is 170 Å². The summed E-state index contributed by atoms with van der Waals surface area (Å²) in [6.45, 7) is 7.19. The first kappa shape index (κ1) is 20.2. The van der Waals surface area contributed by atoms with Crippen molar-refractivity contribution >= 4 is 29.1 Å². The van der Waals surface area contributed by atoms with Crippen molar-refractivity contribution in [2.75, 3.05) is 11.9 Å². The minimum absolute atomic E-state index is 0.0153. The van der Waals surface area contributed by atoms with Crippen molar-refractivity contribution in [2.24, 2.45) is 5.92 Å². The number of nitrogens with zero attached hydrogens (tertiary/aromatic N) is 1. The van der Waals surface area contributed by atoms with Crippen molar-refractivity contribution in [2.45, 2.75) is 39.8 Å². The fourth-order valence-corrected chi connectivity index (χ4v) is 3.35. The van der Waals surface area contributed by atoms with E-state index in [1.165, 1.54) is 0 Å². The number of fused-ring (bicyclic) bond motifs is 1. The Hall–Kier alpha value is -2.53. The molecule has 0 spiro atoms. The number of carbonyl (C=O) groups excluding carboxylic acids is 2. The molecular formula is C22H25ClN2O3. The monoisotopic (exact) mass is 400 g/mol. The Morgan fingerprint density at radius 1 is 1.29 bits per heavy atom. The number of carbonyl (C=O) groups is 2. The molecule has 0 saturated carbocycles. The van der Waals surface area contributed by atoms with Crippen molar-refractivity contribution in [3.63, 3.8) is 0 Å². The molecule has 5 nitrogen and oxygen atoms in total. The number of nitrogens with one attached hydrogen (secondary N) is 1. The van der Waals surface area contributed by atoms with Gasteiger partial charge in [-0.15, -0.1) is 0 Å². The molecule has 2 aromatic rings. The lowest BCUT2D eigenvalue weighted by molar-refractivity contribution is -0.137. The topological polar surface area (TPSA) is 58.6 Å². The van der Waals surface area contributed by atoms with Gasteiger partial charge in [-0.1, -0.05) is 37.6 Å². The zero-order chi connectivity index (χ0) is 20.3. The molecule has 0 saturated heterocycles. The maximum absolute atomic E-state index is 12.6. The molecule has 2 amide bonds. The van der Waals surface area contributed by atoms with Gasteiger partial charge in [0, 0.05) is 24.3 Å². The number of hydrogen-bond donors (Lipinski definition) is 1. The second-order valence-electron chi connectivity index (χ2n) is 7.46. The van der Waals surface area contributed by atoms with Crippen LogP contribution in [-0.4, -0.2) is 29.4 Å². The van der Waals surface area contributed by atoms with Crippen LogP contribution in [0.15, 0.2) is 42.5 Å². The molecule has 1 unspecified atom stereocenters. The third-order valence-corrected chi connectivity index (χ3v) is 5.07. The van der Waals surface area contributed by atoms with E-state index in [1.807, 2.05) is 11.0 Å². The first-order chi connectivity index (χ1) is 13.3. The van der Waals surface area contributed by atoms with E-state index in [2.05, 4.69) is 19.2 Å². The van der Waals surface area contributed by atoms with E-state index in [4.69, 9.17) is 16.3 Å². The van der Waals surface area contributed by atoms with E-state index in [0.717, 1.165) is 12.0 Å². The van der Waals surface area contributed by atoms with Crippen LogP contribution in [0.2, 0.25) is 5.02 Å².